The molecule has 2 atom stereocenters. The van der Waals surface area contributed by atoms with Gasteiger partial charge in [0, 0.05) is 30.5 Å². The molecule has 1 fully saturated rings. The van der Waals surface area contributed by atoms with Crippen LogP contribution >= 0.6 is 0 Å². The molecule has 6 heteroatoms. The number of ether oxygens (including phenoxy) is 3. The molecular formula is C21H23NO5. The van der Waals surface area contributed by atoms with Gasteiger partial charge in [0.2, 0.25) is 5.91 Å². The third kappa shape index (κ3) is 3.95. The first-order valence-electron chi connectivity index (χ1n) is 8.92. The maximum Gasteiger partial charge on any atom is 0.320 e. The maximum atomic E-state index is 12.3. The van der Waals surface area contributed by atoms with Gasteiger partial charge in [-0.1, -0.05) is 30.3 Å². The Morgan fingerprint density at radius 1 is 1.22 bits per heavy atom. The first-order chi connectivity index (χ1) is 13.0. The maximum absolute atomic E-state index is 12.3. The Labute approximate surface area is 158 Å². The monoisotopic (exact) mass is 369 g/mol. The zero-order valence-corrected chi connectivity index (χ0v) is 15.7. The fraction of sp³-hybridized carbons (Fsp3) is 0.333. The first kappa shape index (κ1) is 18.9. The fourth-order valence-electron chi connectivity index (χ4n) is 3.06. The standard InChI is InChI=1S/C21H23NO5/c1-4-26-14(2)27-19-12-16(22-13-18(20(22)23)21(24)25-3)10-11-17(19)15-8-6-5-7-9-15/h5-12,14,18H,4,13H2,1-3H3/t14?,18-/m1/s1. The van der Waals surface area contributed by atoms with Crippen LogP contribution in [-0.4, -0.2) is 38.4 Å². The topological polar surface area (TPSA) is 65.1 Å². The van der Waals surface area contributed by atoms with E-state index >= 15 is 0 Å². The van der Waals surface area contributed by atoms with Crippen molar-refractivity contribution < 1.29 is 23.8 Å². The molecule has 142 valence electrons. The van der Waals surface area contributed by atoms with Crippen molar-refractivity contribution in [1.29, 1.82) is 0 Å². The summed E-state index contributed by atoms with van der Waals surface area (Å²) in [6.07, 6.45) is -0.428. The van der Waals surface area contributed by atoms with E-state index in [1.165, 1.54) is 7.11 Å². The molecular weight excluding hydrogens is 346 g/mol. The van der Waals surface area contributed by atoms with Crippen LogP contribution < -0.4 is 9.64 Å². The predicted molar refractivity (Wildman–Crippen MR) is 101 cm³/mol. The van der Waals surface area contributed by atoms with E-state index in [1.807, 2.05) is 62.4 Å². The molecule has 0 aromatic heterocycles. The zero-order valence-electron chi connectivity index (χ0n) is 15.7. The number of hydrogen-bond acceptors (Lipinski definition) is 5. The van der Waals surface area contributed by atoms with Crippen LogP contribution in [0.2, 0.25) is 0 Å². The highest BCUT2D eigenvalue weighted by Gasteiger charge is 2.43. The van der Waals surface area contributed by atoms with E-state index in [-0.39, 0.29) is 5.91 Å². The van der Waals surface area contributed by atoms with E-state index in [0.29, 0.717) is 24.6 Å². The molecule has 1 heterocycles. The lowest BCUT2D eigenvalue weighted by Crippen LogP contribution is -2.56. The molecule has 0 spiro atoms. The lowest BCUT2D eigenvalue weighted by molar-refractivity contribution is -0.152. The second-order valence-electron chi connectivity index (χ2n) is 6.21. The normalized spacial score (nSPS) is 17.2. The third-order valence-electron chi connectivity index (χ3n) is 4.47. The Bertz CT molecular complexity index is 821. The van der Waals surface area contributed by atoms with E-state index in [4.69, 9.17) is 9.47 Å². The van der Waals surface area contributed by atoms with E-state index in [9.17, 15) is 9.59 Å². The van der Waals surface area contributed by atoms with Crippen LogP contribution in [0.3, 0.4) is 0 Å². The first-order valence-corrected chi connectivity index (χ1v) is 8.92. The number of carbonyl (C=O) groups excluding carboxylic acids is 2. The molecule has 0 aliphatic carbocycles. The number of benzene rings is 2. The molecule has 0 saturated carbocycles. The number of hydrogen-bond donors (Lipinski definition) is 0. The Morgan fingerprint density at radius 2 is 1.96 bits per heavy atom. The lowest BCUT2D eigenvalue weighted by atomic mass is 9.97. The van der Waals surface area contributed by atoms with E-state index in [1.54, 1.807) is 4.90 Å². The van der Waals surface area contributed by atoms with Gasteiger partial charge in [-0.05, 0) is 31.5 Å². The number of β-lactam (4-membered cyclic amide) rings is 1. The number of rotatable bonds is 7. The minimum atomic E-state index is -0.726. The van der Waals surface area contributed by atoms with Crippen molar-refractivity contribution in [3.63, 3.8) is 0 Å². The number of nitrogens with zero attached hydrogens (tertiary/aromatic N) is 1. The van der Waals surface area contributed by atoms with Crippen molar-refractivity contribution >= 4 is 17.6 Å². The molecule has 1 aliphatic heterocycles. The van der Waals surface area contributed by atoms with Gasteiger partial charge in [0.1, 0.15) is 5.75 Å². The minimum absolute atomic E-state index is 0.266. The number of esters is 1. The van der Waals surface area contributed by atoms with Gasteiger partial charge < -0.3 is 19.1 Å². The predicted octanol–water partition coefficient (Wildman–Crippen LogP) is 3.25. The van der Waals surface area contributed by atoms with Gasteiger partial charge in [0.05, 0.1) is 7.11 Å². The molecule has 6 nitrogen and oxygen atoms in total. The van der Waals surface area contributed by atoms with Gasteiger partial charge in [0.25, 0.3) is 0 Å². The average molecular weight is 369 g/mol. The third-order valence-corrected chi connectivity index (χ3v) is 4.47. The summed E-state index contributed by atoms with van der Waals surface area (Å²) in [7, 11) is 1.29. The molecule has 1 aliphatic rings. The zero-order chi connectivity index (χ0) is 19.4. The van der Waals surface area contributed by atoms with E-state index < -0.39 is 18.2 Å². The van der Waals surface area contributed by atoms with Crippen LogP contribution in [0.4, 0.5) is 5.69 Å². The molecule has 2 aromatic carbocycles. The quantitative estimate of drug-likeness (QED) is 0.324. The Hall–Kier alpha value is -2.86. The molecule has 2 aromatic rings. The number of anilines is 1. The van der Waals surface area contributed by atoms with Crippen molar-refractivity contribution in [2.75, 3.05) is 25.2 Å². The molecule has 1 amide bonds. The molecule has 0 bridgehead atoms. The molecule has 0 radical (unpaired) electrons. The summed E-state index contributed by atoms with van der Waals surface area (Å²) in [5, 5.41) is 0. The van der Waals surface area contributed by atoms with Crippen molar-refractivity contribution in [2.24, 2.45) is 5.92 Å². The van der Waals surface area contributed by atoms with Crippen LogP contribution in [0.25, 0.3) is 11.1 Å². The Balaban J connectivity index is 1.89. The van der Waals surface area contributed by atoms with Crippen LogP contribution in [0.5, 0.6) is 5.75 Å². The van der Waals surface area contributed by atoms with Crippen molar-refractivity contribution in [2.45, 2.75) is 20.1 Å². The summed E-state index contributed by atoms with van der Waals surface area (Å²) < 4.78 is 16.1. The minimum Gasteiger partial charge on any atom is -0.468 e. The van der Waals surface area contributed by atoms with Gasteiger partial charge in [-0.15, -0.1) is 0 Å². The summed E-state index contributed by atoms with van der Waals surface area (Å²) in [5.41, 5.74) is 2.59. The van der Waals surface area contributed by atoms with Gasteiger partial charge in [-0.25, -0.2) is 0 Å². The highest BCUT2D eigenvalue weighted by molar-refractivity contribution is 6.12. The summed E-state index contributed by atoms with van der Waals surface area (Å²) in [6.45, 7) is 4.57. The molecule has 3 rings (SSSR count). The average Bonchev–Trinajstić information content (AvgIpc) is 2.67. The van der Waals surface area contributed by atoms with Gasteiger partial charge in [-0.3, -0.25) is 9.59 Å². The summed E-state index contributed by atoms with van der Waals surface area (Å²) in [4.78, 5) is 25.5. The van der Waals surface area contributed by atoms with Crippen molar-refractivity contribution in [3.05, 3.63) is 48.5 Å². The largest absolute Gasteiger partial charge is 0.468 e. The molecule has 27 heavy (non-hydrogen) atoms. The van der Waals surface area contributed by atoms with Gasteiger partial charge in [0.15, 0.2) is 12.2 Å². The second kappa shape index (κ2) is 8.22. The summed E-state index contributed by atoms with van der Waals surface area (Å²) >= 11 is 0. The van der Waals surface area contributed by atoms with Gasteiger partial charge >= 0.3 is 5.97 Å². The van der Waals surface area contributed by atoms with Crippen LogP contribution in [0.15, 0.2) is 48.5 Å². The number of methoxy groups -OCH3 is 1. The van der Waals surface area contributed by atoms with E-state index in [0.717, 1.165) is 11.1 Å². The lowest BCUT2D eigenvalue weighted by Gasteiger charge is -2.37. The Kier molecular flexibility index (Phi) is 5.76. The fourth-order valence-corrected chi connectivity index (χ4v) is 3.06. The van der Waals surface area contributed by atoms with Crippen molar-refractivity contribution in [1.82, 2.24) is 0 Å². The van der Waals surface area contributed by atoms with Gasteiger partial charge in [-0.2, -0.15) is 0 Å². The molecule has 1 unspecified atom stereocenters. The Morgan fingerprint density at radius 3 is 2.59 bits per heavy atom. The van der Waals surface area contributed by atoms with Crippen LogP contribution in [-0.2, 0) is 19.1 Å². The summed E-state index contributed by atoms with van der Waals surface area (Å²) in [6, 6.07) is 15.4. The number of amides is 1. The smallest absolute Gasteiger partial charge is 0.320 e. The summed E-state index contributed by atoms with van der Waals surface area (Å²) in [5.74, 6) is -0.874. The van der Waals surface area contributed by atoms with Crippen LogP contribution in [0, 0.1) is 5.92 Å². The SMILES string of the molecule is CCOC(C)Oc1cc(N2C[C@@H](C(=O)OC)C2=O)ccc1-c1ccccc1. The van der Waals surface area contributed by atoms with Crippen molar-refractivity contribution in [3.8, 4) is 16.9 Å². The van der Waals surface area contributed by atoms with Crippen LogP contribution in [0.1, 0.15) is 13.8 Å². The highest BCUT2D eigenvalue weighted by atomic mass is 16.7. The number of carbonyl (C=O) groups is 2. The second-order valence-corrected chi connectivity index (χ2v) is 6.21. The highest BCUT2D eigenvalue weighted by Crippen LogP contribution is 2.37. The molecule has 0 N–H and O–H groups in total. The molecule has 1 saturated heterocycles. The van der Waals surface area contributed by atoms with E-state index in [2.05, 4.69) is 4.74 Å².